The van der Waals surface area contributed by atoms with Crippen LogP contribution in [0.2, 0.25) is 0 Å². The molecule has 0 atom stereocenters. The molecule has 7 heteroatoms. The number of sulfonamides is 1. The van der Waals surface area contributed by atoms with Gasteiger partial charge in [-0.15, -0.1) is 0 Å². The van der Waals surface area contributed by atoms with Gasteiger partial charge in [-0.2, -0.15) is 0 Å². The maximum absolute atomic E-state index is 12.5. The number of esters is 1. The van der Waals surface area contributed by atoms with Crippen LogP contribution in [0, 0.1) is 0 Å². The molecule has 0 saturated carbocycles. The Hall–Kier alpha value is -2.90. The number of carbonyl (C=O) groups is 1. The van der Waals surface area contributed by atoms with E-state index in [-0.39, 0.29) is 17.5 Å². The molecule has 0 N–H and O–H groups in total. The zero-order valence-corrected chi connectivity index (χ0v) is 15.8. The Morgan fingerprint density at radius 2 is 1.63 bits per heavy atom. The maximum atomic E-state index is 12.5. The Balaban J connectivity index is 1.76. The minimum Gasteiger partial charge on any atom is -0.454 e. The largest absolute Gasteiger partial charge is 0.454 e. The molecule has 0 aliphatic carbocycles. The fraction of sp³-hybridized carbons (Fsp3) is 0.150. The second-order valence-electron chi connectivity index (χ2n) is 6.00. The van der Waals surface area contributed by atoms with E-state index in [0.717, 1.165) is 15.4 Å². The van der Waals surface area contributed by atoms with Crippen LogP contribution >= 0.6 is 0 Å². The van der Waals surface area contributed by atoms with Crippen LogP contribution in [0.5, 0.6) is 0 Å². The highest BCUT2D eigenvalue weighted by molar-refractivity contribution is 7.88. The minimum absolute atomic E-state index is 0.162. The van der Waals surface area contributed by atoms with Gasteiger partial charge in [0.2, 0.25) is 5.09 Å². The molecule has 2 aromatic carbocycles. The van der Waals surface area contributed by atoms with Crippen molar-refractivity contribution in [2.24, 2.45) is 0 Å². The Bertz CT molecular complexity index is 1040. The quantitative estimate of drug-likeness (QED) is 0.607. The van der Waals surface area contributed by atoms with E-state index in [1.54, 1.807) is 12.1 Å². The maximum Gasteiger partial charge on any atom is 0.339 e. The number of hydrogen-bond acceptors (Lipinski definition) is 5. The third-order valence-corrected chi connectivity index (χ3v) is 5.64. The number of hydrogen-bond donors (Lipinski definition) is 0. The van der Waals surface area contributed by atoms with Crippen molar-refractivity contribution in [1.82, 2.24) is 4.31 Å². The van der Waals surface area contributed by atoms with Crippen LogP contribution < -0.4 is 0 Å². The van der Waals surface area contributed by atoms with Crippen LogP contribution in [-0.4, -0.2) is 32.8 Å². The number of nitrogens with zero attached hydrogens (tertiary/aromatic N) is 1. The van der Waals surface area contributed by atoms with Gasteiger partial charge in [0.25, 0.3) is 10.0 Å². The lowest BCUT2D eigenvalue weighted by molar-refractivity contribution is 0.0441. The van der Waals surface area contributed by atoms with Crippen molar-refractivity contribution >= 4 is 16.0 Å². The molecular weight excluding hydrogens is 366 g/mol. The van der Waals surface area contributed by atoms with Crippen LogP contribution in [0.1, 0.15) is 16.1 Å². The van der Waals surface area contributed by atoms with E-state index in [0.29, 0.717) is 5.56 Å². The van der Waals surface area contributed by atoms with Gasteiger partial charge in [0.15, 0.2) is 0 Å². The zero-order chi connectivity index (χ0) is 19.4. The second kappa shape index (κ2) is 7.77. The van der Waals surface area contributed by atoms with Crippen LogP contribution in [0.4, 0.5) is 0 Å². The zero-order valence-electron chi connectivity index (χ0n) is 15.0. The number of ether oxygens (including phenoxy) is 1. The first-order valence-corrected chi connectivity index (χ1v) is 9.66. The van der Waals surface area contributed by atoms with Gasteiger partial charge in [-0.05, 0) is 29.3 Å². The van der Waals surface area contributed by atoms with E-state index >= 15 is 0 Å². The molecule has 3 rings (SSSR count). The summed E-state index contributed by atoms with van der Waals surface area (Å²) in [5.41, 5.74) is 2.09. The lowest BCUT2D eigenvalue weighted by Gasteiger charge is -2.09. The average molecular weight is 385 g/mol. The smallest absolute Gasteiger partial charge is 0.339 e. The van der Waals surface area contributed by atoms with Gasteiger partial charge in [0.05, 0.1) is 5.56 Å². The summed E-state index contributed by atoms with van der Waals surface area (Å²) < 4.78 is 35.7. The molecule has 1 aromatic heterocycles. The highest BCUT2D eigenvalue weighted by Crippen LogP contribution is 2.24. The molecule has 0 amide bonds. The van der Waals surface area contributed by atoms with Crippen LogP contribution in [0.3, 0.4) is 0 Å². The van der Waals surface area contributed by atoms with E-state index in [4.69, 9.17) is 9.15 Å². The normalized spacial score (nSPS) is 11.5. The Labute approximate surface area is 158 Å². The molecule has 1 heterocycles. The van der Waals surface area contributed by atoms with Crippen molar-refractivity contribution in [3.63, 3.8) is 0 Å². The number of benzene rings is 2. The molecule has 0 unspecified atom stereocenters. The fourth-order valence-electron chi connectivity index (χ4n) is 2.50. The van der Waals surface area contributed by atoms with Crippen molar-refractivity contribution in [2.75, 3.05) is 14.1 Å². The van der Waals surface area contributed by atoms with Crippen molar-refractivity contribution in [3.8, 4) is 11.1 Å². The van der Waals surface area contributed by atoms with Gasteiger partial charge in [0.1, 0.15) is 12.4 Å². The molecule has 0 spiro atoms. The van der Waals surface area contributed by atoms with Crippen molar-refractivity contribution in [1.29, 1.82) is 0 Å². The summed E-state index contributed by atoms with van der Waals surface area (Å²) in [7, 11) is -0.834. The predicted octanol–water partition coefficient (Wildman–Crippen LogP) is 3.55. The number of furan rings is 1. The average Bonchev–Trinajstić information content (AvgIpc) is 3.16. The lowest BCUT2D eigenvalue weighted by atomic mass is 10.00. The summed E-state index contributed by atoms with van der Waals surface area (Å²) in [6.45, 7) is -0.162. The SMILES string of the molecule is CN(C)S(=O)(=O)c1ccc(COC(=O)c2ccccc2-c2ccccc2)o1. The van der Waals surface area contributed by atoms with Gasteiger partial charge >= 0.3 is 5.97 Å². The highest BCUT2D eigenvalue weighted by Gasteiger charge is 2.22. The number of carbonyl (C=O) groups excluding carboxylic acids is 1. The second-order valence-corrected chi connectivity index (χ2v) is 8.08. The van der Waals surface area contributed by atoms with E-state index in [1.165, 1.54) is 26.2 Å². The molecule has 0 fully saturated rings. The van der Waals surface area contributed by atoms with Crippen LogP contribution in [0.15, 0.2) is 76.2 Å². The third-order valence-electron chi connectivity index (χ3n) is 3.95. The summed E-state index contributed by atoms with van der Waals surface area (Å²) in [5, 5.41) is -0.191. The van der Waals surface area contributed by atoms with Gasteiger partial charge < -0.3 is 9.15 Å². The lowest BCUT2D eigenvalue weighted by Crippen LogP contribution is -2.21. The van der Waals surface area contributed by atoms with Crippen molar-refractivity contribution in [3.05, 3.63) is 78.1 Å². The first-order valence-electron chi connectivity index (χ1n) is 8.22. The standard InChI is InChI=1S/C20H19NO5S/c1-21(2)27(23,24)19-13-12-16(26-19)14-25-20(22)18-11-7-6-10-17(18)15-8-4-3-5-9-15/h3-13H,14H2,1-2H3. The molecule has 0 saturated heterocycles. The highest BCUT2D eigenvalue weighted by atomic mass is 32.2. The molecule has 0 aliphatic heterocycles. The summed E-state index contributed by atoms with van der Waals surface area (Å²) in [6.07, 6.45) is 0. The summed E-state index contributed by atoms with van der Waals surface area (Å²) in [6, 6.07) is 19.5. The van der Waals surface area contributed by atoms with E-state index in [2.05, 4.69) is 0 Å². The van der Waals surface area contributed by atoms with Crippen molar-refractivity contribution < 1.29 is 22.4 Å². The van der Waals surface area contributed by atoms with Crippen molar-refractivity contribution in [2.45, 2.75) is 11.7 Å². The molecule has 0 bridgehead atoms. The molecule has 6 nitrogen and oxygen atoms in total. The predicted molar refractivity (Wildman–Crippen MR) is 101 cm³/mol. The summed E-state index contributed by atoms with van der Waals surface area (Å²) >= 11 is 0. The number of rotatable bonds is 6. The van der Waals surface area contributed by atoms with Gasteiger partial charge in [-0.1, -0.05) is 48.5 Å². The minimum atomic E-state index is -3.66. The van der Waals surface area contributed by atoms with Crippen LogP contribution in [-0.2, 0) is 21.4 Å². The van der Waals surface area contributed by atoms with Gasteiger partial charge in [0, 0.05) is 14.1 Å². The summed E-state index contributed by atoms with van der Waals surface area (Å²) in [5.74, 6) is -0.260. The fourth-order valence-corrected chi connectivity index (χ4v) is 3.31. The van der Waals surface area contributed by atoms with E-state index in [1.807, 2.05) is 42.5 Å². The molecular formula is C20H19NO5S. The van der Waals surface area contributed by atoms with Crippen LogP contribution in [0.25, 0.3) is 11.1 Å². The van der Waals surface area contributed by atoms with Gasteiger partial charge in [-0.3, -0.25) is 0 Å². The topological polar surface area (TPSA) is 76.8 Å². The molecule has 3 aromatic rings. The molecule has 0 aliphatic rings. The Morgan fingerprint density at radius 1 is 0.963 bits per heavy atom. The third kappa shape index (κ3) is 4.10. The van der Waals surface area contributed by atoms with Gasteiger partial charge in [-0.25, -0.2) is 17.5 Å². The first-order chi connectivity index (χ1) is 12.9. The Kier molecular flexibility index (Phi) is 5.43. The first kappa shape index (κ1) is 18.9. The monoisotopic (exact) mass is 385 g/mol. The summed E-state index contributed by atoms with van der Waals surface area (Å²) in [4.78, 5) is 12.5. The van der Waals surface area contributed by atoms with E-state index in [9.17, 15) is 13.2 Å². The molecule has 0 radical (unpaired) electrons. The van der Waals surface area contributed by atoms with E-state index < -0.39 is 16.0 Å². The molecule has 27 heavy (non-hydrogen) atoms. The Morgan fingerprint density at radius 3 is 2.33 bits per heavy atom. The molecule has 140 valence electrons.